The van der Waals surface area contributed by atoms with Gasteiger partial charge >= 0.3 is 0 Å². The van der Waals surface area contributed by atoms with E-state index in [0.717, 1.165) is 44.9 Å². The predicted molar refractivity (Wildman–Crippen MR) is 83.4 cm³/mol. The fourth-order valence-electron chi connectivity index (χ4n) is 2.36. The van der Waals surface area contributed by atoms with Crippen LogP contribution in [0, 0.1) is 11.6 Å². The minimum absolute atomic E-state index is 0.130. The smallest absolute Gasteiger partial charge is 0.260 e. The lowest BCUT2D eigenvalue weighted by Gasteiger charge is -2.32. The first kappa shape index (κ1) is 17.6. The fraction of sp³-hybridized carbons (Fsp3) is 0.562. The number of likely N-dealkylation sites (N-methyl/N-ethyl adjacent to an activating group) is 1. The minimum atomic E-state index is -0.995. The van der Waals surface area contributed by atoms with Gasteiger partial charge < -0.3 is 15.0 Å². The van der Waals surface area contributed by atoms with Crippen molar-refractivity contribution in [3.63, 3.8) is 0 Å². The van der Waals surface area contributed by atoms with Gasteiger partial charge in [0, 0.05) is 45.3 Å². The van der Waals surface area contributed by atoms with E-state index in [4.69, 9.17) is 4.74 Å². The summed E-state index contributed by atoms with van der Waals surface area (Å²) in [5, 5.41) is 2.80. The molecule has 1 atom stereocenters. The Kier molecular flexibility index (Phi) is 6.29. The van der Waals surface area contributed by atoms with Crippen molar-refractivity contribution in [2.75, 3.05) is 46.3 Å². The molecule has 1 N–H and O–H groups in total. The van der Waals surface area contributed by atoms with Crippen molar-refractivity contribution >= 4 is 5.91 Å². The minimum Gasteiger partial charge on any atom is -0.481 e. The molecule has 1 amide bonds. The second-order valence-corrected chi connectivity index (χ2v) is 5.77. The van der Waals surface area contributed by atoms with Gasteiger partial charge in [-0.3, -0.25) is 9.69 Å². The van der Waals surface area contributed by atoms with Gasteiger partial charge in [-0.2, -0.15) is 0 Å². The van der Waals surface area contributed by atoms with Crippen LogP contribution in [0.1, 0.15) is 6.92 Å². The number of amides is 1. The van der Waals surface area contributed by atoms with Crippen LogP contribution in [0.25, 0.3) is 0 Å². The number of benzene rings is 1. The third-order valence-corrected chi connectivity index (χ3v) is 3.90. The molecule has 5 nitrogen and oxygen atoms in total. The van der Waals surface area contributed by atoms with E-state index in [1.54, 1.807) is 6.92 Å². The van der Waals surface area contributed by atoms with Crippen LogP contribution in [0.4, 0.5) is 8.78 Å². The van der Waals surface area contributed by atoms with Gasteiger partial charge in [0.1, 0.15) is 5.75 Å². The topological polar surface area (TPSA) is 44.8 Å². The number of halogens is 2. The highest BCUT2D eigenvalue weighted by molar-refractivity contribution is 5.80. The van der Waals surface area contributed by atoms with Crippen molar-refractivity contribution in [1.82, 2.24) is 15.1 Å². The fourth-order valence-corrected chi connectivity index (χ4v) is 2.36. The van der Waals surface area contributed by atoms with E-state index >= 15 is 0 Å². The van der Waals surface area contributed by atoms with Gasteiger partial charge in [-0.1, -0.05) is 0 Å². The van der Waals surface area contributed by atoms with Gasteiger partial charge in [-0.25, -0.2) is 8.78 Å². The average Bonchev–Trinajstić information content (AvgIpc) is 2.52. The molecule has 1 fully saturated rings. The molecule has 1 aliphatic rings. The molecule has 1 aromatic carbocycles. The summed E-state index contributed by atoms with van der Waals surface area (Å²) in [6.45, 7) is 6.95. The van der Waals surface area contributed by atoms with E-state index < -0.39 is 17.7 Å². The quantitative estimate of drug-likeness (QED) is 0.850. The summed E-state index contributed by atoms with van der Waals surface area (Å²) in [6.07, 6.45) is -0.771. The van der Waals surface area contributed by atoms with E-state index in [0.29, 0.717) is 6.54 Å². The van der Waals surface area contributed by atoms with E-state index in [1.807, 2.05) is 0 Å². The van der Waals surface area contributed by atoms with Gasteiger partial charge in [0.15, 0.2) is 17.7 Å². The first-order valence-corrected chi connectivity index (χ1v) is 7.76. The van der Waals surface area contributed by atoms with Crippen LogP contribution in [0.15, 0.2) is 18.2 Å². The van der Waals surface area contributed by atoms with Crippen molar-refractivity contribution in [3.8, 4) is 5.75 Å². The molecule has 0 radical (unpaired) electrons. The lowest BCUT2D eigenvalue weighted by molar-refractivity contribution is -0.127. The lowest BCUT2D eigenvalue weighted by atomic mass is 10.3. The molecule has 0 unspecified atom stereocenters. The number of hydrogen-bond donors (Lipinski definition) is 1. The maximum absolute atomic E-state index is 13.1. The molecule has 0 aliphatic carbocycles. The highest BCUT2D eigenvalue weighted by Crippen LogP contribution is 2.16. The average molecular weight is 327 g/mol. The lowest BCUT2D eigenvalue weighted by Crippen LogP contribution is -2.47. The van der Waals surface area contributed by atoms with Crippen molar-refractivity contribution in [2.45, 2.75) is 13.0 Å². The van der Waals surface area contributed by atoms with Gasteiger partial charge in [0.25, 0.3) is 5.91 Å². The number of carbonyl (C=O) groups excluding carboxylic acids is 1. The Bertz CT molecular complexity index is 534. The summed E-state index contributed by atoms with van der Waals surface area (Å²) in [4.78, 5) is 16.5. The molecule has 1 aliphatic heterocycles. The van der Waals surface area contributed by atoms with Gasteiger partial charge in [0.05, 0.1) is 0 Å². The van der Waals surface area contributed by atoms with Gasteiger partial charge in [0.2, 0.25) is 0 Å². The maximum atomic E-state index is 13.1. The van der Waals surface area contributed by atoms with Crippen LogP contribution in [0.3, 0.4) is 0 Å². The van der Waals surface area contributed by atoms with Crippen molar-refractivity contribution < 1.29 is 18.3 Å². The molecule has 0 bridgehead atoms. The first-order valence-electron chi connectivity index (χ1n) is 7.76. The highest BCUT2D eigenvalue weighted by atomic mass is 19.2. The Morgan fingerprint density at radius 2 is 1.96 bits per heavy atom. The summed E-state index contributed by atoms with van der Waals surface area (Å²) in [7, 11) is 2.09. The van der Waals surface area contributed by atoms with Gasteiger partial charge in [-0.15, -0.1) is 0 Å². The number of carbonyl (C=O) groups is 1. The maximum Gasteiger partial charge on any atom is 0.260 e. The Balaban J connectivity index is 1.71. The predicted octanol–water partition coefficient (Wildman–Crippen LogP) is 1.10. The number of ether oxygens (including phenoxy) is 1. The third kappa shape index (κ3) is 5.44. The summed E-state index contributed by atoms with van der Waals surface area (Å²) in [6, 6.07) is 3.21. The van der Waals surface area contributed by atoms with Crippen molar-refractivity contribution in [2.24, 2.45) is 0 Å². The largest absolute Gasteiger partial charge is 0.481 e. The molecular weight excluding hydrogens is 304 g/mol. The second-order valence-electron chi connectivity index (χ2n) is 5.77. The van der Waals surface area contributed by atoms with E-state index in [9.17, 15) is 13.6 Å². The first-order chi connectivity index (χ1) is 11.0. The number of nitrogens with zero attached hydrogens (tertiary/aromatic N) is 2. The van der Waals surface area contributed by atoms with Crippen LogP contribution in [0.2, 0.25) is 0 Å². The summed E-state index contributed by atoms with van der Waals surface area (Å²) >= 11 is 0. The Morgan fingerprint density at radius 3 is 2.61 bits per heavy atom. The summed E-state index contributed by atoms with van der Waals surface area (Å²) < 4.78 is 31.3. The van der Waals surface area contributed by atoms with Crippen LogP contribution < -0.4 is 10.1 Å². The van der Waals surface area contributed by atoms with Crippen molar-refractivity contribution in [1.29, 1.82) is 0 Å². The Hall–Kier alpha value is -1.73. The molecule has 1 heterocycles. The number of nitrogens with one attached hydrogen (secondary N) is 1. The number of hydrogen-bond acceptors (Lipinski definition) is 4. The van der Waals surface area contributed by atoms with Crippen LogP contribution >= 0.6 is 0 Å². The highest BCUT2D eigenvalue weighted by Gasteiger charge is 2.17. The molecule has 7 heteroatoms. The van der Waals surface area contributed by atoms with E-state index in [1.165, 1.54) is 6.07 Å². The molecule has 2 rings (SSSR count). The molecule has 23 heavy (non-hydrogen) atoms. The zero-order chi connectivity index (χ0) is 16.8. The van der Waals surface area contributed by atoms with Crippen LogP contribution in [0.5, 0.6) is 5.75 Å². The van der Waals surface area contributed by atoms with Gasteiger partial charge in [-0.05, 0) is 26.1 Å². The zero-order valence-corrected chi connectivity index (χ0v) is 13.5. The molecule has 1 aromatic rings. The molecule has 0 aromatic heterocycles. The van der Waals surface area contributed by atoms with Crippen molar-refractivity contribution in [3.05, 3.63) is 29.8 Å². The monoisotopic (exact) mass is 327 g/mol. The third-order valence-electron chi connectivity index (χ3n) is 3.90. The van der Waals surface area contributed by atoms with Crippen LogP contribution in [-0.4, -0.2) is 68.1 Å². The number of piperazine rings is 1. The zero-order valence-electron chi connectivity index (χ0n) is 13.5. The second kappa shape index (κ2) is 8.21. The molecular formula is C16H23F2N3O2. The van der Waals surface area contributed by atoms with E-state index in [2.05, 4.69) is 22.2 Å². The molecule has 0 saturated carbocycles. The molecule has 128 valence electrons. The standard InChI is InChI=1S/C16H23F2N3O2/c1-12(23-13-3-4-14(17)15(18)11-13)16(22)19-5-6-21-9-7-20(2)8-10-21/h3-4,11-12H,5-10H2,1-2H3,(H,19,22)/t12-/m1/s1. The molecule has 1 saturated heterocycles. The van der Waals surface area contributed by atoms with Crippen LogP contribution in [-0.2, 0) is 4.79 Å². The Labute approximate surface area is 135 Å². The van der Waals surface area contributed by atoms with E-state index in [-0.39, 0.29) is 11.7 Å². The summed E-state index contributed by atoms with van der Waals surface area (Å²) in [5.41, 5.74) is 0. The Morgan fingerprint density at radius 1 is 1.26 bits per heavy atom. The number of rotatable bonds is 6. The SMILES string of the molecule is C[C@@H](Oc1ccc(F)c(F)c1)C(=O)NCCN1CCN(C)CC1. The summed E-state index contributed by atoms with van der Waals surface area (Å²) in [5.74, 6) is -2.08. The molecule has 0 spiro atoms. The normalized spacial score (nSPS) is 17.7.